The zero-order valence-corrected chi connectivity index (χ0v) is 5.81. The van der Waals surface area contributed by atoms with Crippen molar-refractivity contribution in [1.29, 1.82) is 0 Å². The maximum absolute atomic E-state index is 4.79. The van der Waals surface area contributed by atoms with Crippen molar-refractivity contribution in [2.24, 2.45) is 0 Å². The summed E-state index contributed by atoms with van der Waals surface area (Å²) in [6.07, 6.45) is 1.67. The first-order chi connectivity index (χ1) is 2.91. The lowest BCUT2D eigenvalue weighted by molar-refractivity contribution is 0.270. The summed E-state index contributed by atoms with van der Waals surface area (Å²) in [5, 5.41) is 0. The van der Waals surface area contributed by atoms with E-state index in [0.717, 1.165) is 6.61 Å². The van der Waals surface area contributed by atoms with Gasteiger partial charge in [-0.3, -0.25) is 0 Å². The fourth-order valence-electron chi connectivity index (χ4n) is 0.133. The summed E-state index contributed by atoms with van der Waals surface area (Å²) in [6, 6.07) is 0. The summed E-state index contributed by atoms with van der Waals surface area (Å²) in [6.45, 7) is 2.72. The van der Waals surface area contributed by atoms with Crippen LogP contribution in [-0.4, -0.2) is 6.61 Å². The van der Waals surface area contributed by atoms with Crippen LogP contribution in [0.2, 0.25) is 0 Å². The van der Waals surface area contributed by atoms with Gasteiger partial charge in [-0.05, 0) is 29.5 Å². The van der Waals surface area contributed by atoms with Crippen molar-refractivity contribution >= 4 is 22.6 Å². The van der Waals surface area contributed by atoms with Crippen LogP contribution in [0, 0.1) is 0 Å². The summed E-state index contributed by atoms with van der Waals surface area (Å²) in [7, 11) is 0. The summed E-state index contributed by atoms with van der Waals surface area (Å²) < 4.78 is 6.63. The topological polar surface area (TPSA) is 9.23 Å². The second-order valence-corrected chi connectivity index (χ2v) is 1.44. The monoisotopic (exact) mass is 198 g/mol. The number of rotatable bonds is 2. The molecule has 0 aromatic heterocycles. The molecule has 0 rings (SSSR count). The lowest BCUT2D eigenvalue weighted by atomic mass is 10.9. The van der Waals surface area contributed by atoms with E-state index in [0.29, 0.717) is 0 Å². The minimum absolute atomic E-state index is 0.763. The molecule has 0 saturated carbocycles. The van der Waals surface area contributed by atoms with Crippen LogP contribution >= 0.6 is 22.6 Å². The van der Waals surface area contributed by atoms with Crippen molar-refractivity contribution in [3.05, 3.63) is 10.3 Å². The summed E-state index contributed by atoms with van der Waals surface area (Å²) in [5.74, 6) is 0. The molecule has 0 heterocycles. The van der Waals surface area contributed by atoms with Crippen LogP contribution in [0.15, 0.2) is 10.3 Å². The first-order valence-electron chi connectivity index (χ1n) is 1.78. The molecule has 0 spiro atoms. The largest absolute Gasteiger partial charge is 0.501 e. The molecule has 0 saturated heterocycles. The van der Waals surface area contributed by atoms with Gasteiger partial charge in [0.1, 0.15) is 0 Å². The van der Waals surface area contributed by atoms with Gasteiger partial charge in [-0.25, -0.2) is 0 Å². The van der Waals surface area contributed by atoms with Crippen molar-refractivity contribution < 1.29 is 4.74 Å². The predicted octanol–water partition coefficient (Wildman–Crippen LogP) is 1.93. The molecule has 0 amide bonds. The molecule has 1 nitrogen and oxygen atoms in total. The Hall–Kier alpha value is 0.270. The second kappa shape index (κ2) is 5.27. The van der Waals surface area contributed by atoms with Crippen molar-refractivity contribution in [1.82, 2.24) is 0 Å². The van der Waals surface area contributed by atoms with E-state index in [1.807, 2.05) is 11.0 Å². The summed E-state index contributed by atoms with van der Waals surface area (Å²) >= 11 is 2.11. The van der Waals surface area contributed by atoms with Crippen LogP contribution in [0.3, 0.4) is 0 Å². The maximum Gasteiger partial charge on any atom is 0.0889 e. The van der Waals surface area contributed by atoms with Gasteiger partial charge in [0.2, 0.25) is 0 Å². The van der Waals surface area contributed by atoms with E-state index in [4.69, 9.17) is 4.74 Å². The smallest absolute Gasteiger partial charge is 0.0889 e. The van der Waals surface area contributed by atoms with E-state index in [1.54, 1.807) is 6.26 Å². The average Bonchev–Trinajstić information content (AvgIpc) is 1.61. The Balaban J connectivity index is 2.66. The van der Waals surface area contributed by atoms with Crippen molar-refractivity contribution in [2.75, 3.05) is 6.61 Å². The third-order valence-electron chi connectivity index (χ3n) is 0.314. The standard InChI is InChI=1S/C4H7IO/c1-2-6-4-3-5/h3-4H,2H2,1H3. The fourth-order valence-corrected chi connectivity index (χ4v) is 0.340. The van der Waals surface area contributed by atoms with Crippen molar-refractivity contribution in [2.45, 2.75) is 6.92 Å². The Morgan fingerprint density at radius 1 is 1.83 bits per heavy atom. The van der Waals surface area contributed by atoms with Gasteiger partial charge in [0.05, 0.1) is 12.9 Å². The third kappa shape index (κ3) is 4.27. The van der Waals surface area contributed by atoms with Gasteiger partial charge in [0, 0.05) is 4.08 Å². The molecule has 36 valence electrons. The lowest BCUT2D eigenvalue weighted by Crippen LogP contribution is -1.73. The van der Waals surface area contributed by atoms with E-state index in [9.17, 15) is 0 Å². The molecule has 0 bridgehead atoms. The summed E-state index contributed by atoms with van der Waals surface area (Å²) in [4.78, 5) is 0. The highest BCUT2D eigenvalue weighted by Crippen LogP contribution is 1.83. The Morgan fingerprint density at radius 2 is 2.50 bits per heavy atom. The molecule has 0 aliphatic rings. The Morgan fingerprint density at radius 3 is 2.67 bits per heavy atom. The van der Waals surface area contributed by atoms with E-state index >= 15 is 0 Å². The van der Waals surface area contributed by atoms with Crippen LogP contribution in [0.4, 0.5) is 0 Å². The van der Waals surface area contributed by atoms with Crippen LogP contribution in [0.1, 0.15) is 6.92 Å². The number of hydrogen-bond donors (Lipinski definition) is 0. The zero-order chi connectivity index (χ0) is 4.83. The van der Waals surface area contributed by atoms with Crippen LogP contribution in [0.5, 0.6) is 0 Å². The molecular formula is C4H7IO. The number of ether oxygens (including phenoxy) is 1. The minimum atomic E-state index is 0.763. The molecular weight excluding hydrogens is 191 g/mol. The molecule has 0 atom stereocenters. The quantitative estimate of drug-likeness (QED) is 0.486. The number of hydrogen-bond acceptors (Lipinski definition) is 1. The van der Waals surface area contributed by atoms with Crippen LogP contribution < -0.4 is 0 Å². The second-order valence-electron chi connectivity index (χ2n) is 0.717. The Kier molecular flexibility index (Phi) is 5.51. The fraction of sp³-hybridized carbons (Fsp3) is 0.500. The van der Waals surface area contributed by atoms with Gasteiger partial charge in [0.15, 0.2) is 0 Å². The zero-order valence-electron chi connectivity index (χ0n) is 3.65. The maximum atomic E-state index is 4.79. The molecule has 0 radical (unpaired) electrons. The van der Waals surface area contributed by atoms with Crippen LogP contribution in [0.25, 0.3) is 0 Å². The number of halogens is 1. The molecule has 0 aromatic rings. The van der Waals surface area contributed by atoms with Gasteiger partial charge in [-0.15, -0.1) is 0 Å². The van der Waals surface area contributed by atoms with Gasteiger partial charge >= 0.3 is 0 Å². The molecule has 0 aromatic carbocycles. The van der Waals surface area contributed by atoms with E-state index in [2.05, 4.69) is 22.6 Å². The van der Waals surface area contributed by atoms with Gasteiger partial charge in [0.25, 0.3) is 0 Å². The molecule has 2 heteroatoms. The minimum Gasteiger partial charge on any atom is -0.501 e. The van der Waals surface area contributed by atoms with Gasteiger partial charge < -0.3 is 4.74 Å². The SMILES string of the molecule is CCOC=CI. The van der Waals surface area contributed by atoms with E-state index in [-0.39, 0.29) is 0 Å². The van der Waals surface area contributed by atoms with Crippen molar-refractivity contribution in [3.63, 3.8) is 0 Å². The normalized spacial score (nSPS) is 9.67. The lowest BCUT2D eigenvalue weighted by Gasteiger charge is -1.86. The third-order valence-corrected chi connectivity index (χ3v) is 0.608. The molecule has 0 N–H and O–H groups in total. The molecule has 0 aliphatic carbocycles. The van der Waals surface area contributed by atoms with E-state index in [1.165, 1.54) is 0 Å². The Labute approximate surface area is 51.5 Å². The molecule has 0 aliphatic heterocycles. The summed E-state index contributed by atoms with van der Waals surface area (Å²) in [5.41, 5.74) is 0. The molecule has 0 fully saturated rings. The van der Waals surface area contributed by atoms with Gasteiger partial charge in [-0.2, -0.15) is 0 Å². The van der Waals surface area contributed by atoms with E-state index < -0.39 is 0 Å². The highest BCUT2D eigenvalue weighted by atomic mass is 127. The average molecular weight is 198 g/mol. The Bertz CT molecular complexity index is 42.8. The first kappa shape index (κ1) is 6.27. The molecule has 0 unspecified atom stereocenters. The highest BCUT2D eigenvalue weighted by molar-refractivity contribution is 14.1. The van der Waals surface area contributed by atoms with Gasteiger partial charge in [-0.1, -0.05) is 0 Å². The van der Waals surface area contributed by atoms with Crippen molar-refractivity contribution in [3.8, 4) is 0 Å². The predicted molar refractivity (Wildman–Crippen MR) is 34.8 cm³/mol. The highest BCUT2D eigenvalue weighted by Gasteiger charge is 1.60. The molecule has 6 heavy (non-hydrogen) atoms. The first-order valence-corrected chi connectivity index (χ1v) is 3.03. The van der Waals surface area contributed by atoms with Crippen LogP contribution in [-0.2, 0) is 4.74 Å².